The minimum absolute atomic E-state index is 0.125. The monoisotopic (exact) mass is 357 g/mol. The number of hydrogen-bond acceptors (Lipinski definition) is 4. The number of nitrogens with one attached hydrogen (secondary N) is 1. The molecule has 1 unspecified atom stereocenters. The first kappa shape index (κ1) is 18.1. The summed E-state index contributed by atoms with van der Waals surface area (Å²) in [7, 11) is 0. The number of aromatic nitrogens is 1. The fourth-order valence-corrected chi connectivity index (χ4v) is 4.03. The minimum Gasteiger partial charge on any atom is -0.355 e. The van der Waals surface area contributed by atoms with Crippen molar-refractivity contribution in [3.63, 3.8) is 0 Å². The van der Waals surface area contributed by atoms with E-state index >= 15 is 0 Å². The van der Waals surface area contributed by atoms with Gasteiger partial charge in [-0.25, -0.2) is 4.98 Å². The molecule has 0 aliphatic carbocycles. The number of hydrogen-bond donors (Lipinski definition) is 1. The topological polar surface area (TPSA) is 45.2 Å². The molecule has 1 aliphatic rings. The van der Waals surface area contributed by atoms with Crippen LogP contribution in [0.2, 0.25) is 0 Å². The number of amides is 1. The molecule has 5 heteroatoms. The Bertz CT molecular complexity index is 665. The van der Waals surface area contributed by atoms with Gasteiger partial charge in [0.2, 0.25) is 5.91 Å². The van der Waals surface area contributed by atoms with Crippen LogP contribution < -0.4 is 5.32 Å². The molecular weight excluding hydrogens is 330 g/mol. The van der Waals surface area contributed by atoms with Crippen LogP contribution in [0.15, 0.2) is 35.7 Å². The lowest BCUT2D eigenvalue weighted by Crippen LogP contribution is -2.44. The Balaban J connectivity index is 1.41. The number of carbonyl (C=O) groups is 1. The highest BCUT2D eigenvalue weighted by atomic mass is 32.1. The molecule has 0 saturated carbocycles. The molecule has 0 bridgehead atoms. The SMILES string of the molecule is CC(CNC(=O)CCc1nc(-c2ccccc2)cs1)N1CCCCC1. The van der Waals surface area contributed by atoms with Crippen LogP contribution in [-0.2, 0) is 11.2 Å². The van der Waals surface area contributed by atoms with Crippen molar-refractivity contribution in [3.8, 4) is 11.3 Å². The molecule has 1 aliphatic heterocycles. The summed E-state index contributed by atoms with van der Waals surface area (Å²) in [6.07, 6.45) is 5.13. The third-order valence-corrected chi connectivity index (χ3v) is 5.70. The van der Waals surface area contributed by atoms with Crippen molar-refractivity contribution in [1.82, 2.24) is 15.2 Å². The average Bonchev–Trinajstić information content (AvgIpc) is 3.15. The van der Waals surface area contributed by atoms with Crippen LogP contribution in [0.3, 0.4) is 0 Å². The molecule has 0 spiro atoms. The molecule has 1 aromatic heterocycles. The second-order valence-electron chi connectivity index (χ2n) is 6.74. The van der Waals surface area contributed by atoms with Gasteiger partial charge in [-0.3, -0.25) is 9.69 Å². The van der Waals surface area contributed by atoms with E-state index in [9.17, 15) is 4.79 Å². The summed E-state index contributed by atoms with van der Waals surface area (Å²) in [6, 6.07) is 10.6. The van der Waals surface area contributed by atoms with Crippen molar-refractivity contribution in [2.24, 2.45) is 0 Å². The molecule has 1 N–H and O–H groups in total. The van der Waals surface area contributed by atoms with E-state index in [1.54, 1.807) is 11.3 Å². The van der Waals surface area contributed by atoms with Gasteiger partial charge in [-0.05, 0) is 32.9 Å². The molecule has 3 rings (SSSR count). The third-order valence-electron chi connectivity index (χ3n) is 4.80. The maximum Gasteiger partial charge on any atom is 0.220 e. The predicted molar refractivity (Wildman–Crippen MR) is 104 cm³/mol. The largest absolute Gasteiger partial charge is 0.355 e. The molecular formula is C20H27N3OS. The Morgan fingerprint density at radius 3 is 2.76 bits per heavy atom. The molecule has 4 nitrogen and oxygen atoms in total. The van der Waals surface area contributed by atoms with Gasteiger partial charge in [-0.1, -0.05) is 36.8 Å². The van der Waals surface area contributed by atoms with Crippen molar-refractivity contribution in [2.75, 3.05) is 19.6 Å². The van der Waals surface area contributed by atoms with Crippen LogP contribution in [0, 0.1) is 0 Å². The second-order valence-corrected chi connectivity index (χ2v) is 7.68. The van der Waals surface area contributed by atoms with Gasteiger partial charge < -0.3 is 5.32 Å². The number of aryl methyl sites for hydroxylation is 1. The number of nitrogens with zero attached hydrogens (tertiary/aromatic N) is 2. The molecule has 1 saturated heterocycles. The van der Waals surface area contributed by atoms with Crippen LogP contribution in [0.25, 0.3) is 11.3 Å². The van der Waals surface area contributed by atoms with Gasteiger partial charge in [0, 0.05) is 36.4 Å². The lowest BCUT2D eigenvalue weighted by Gasteiger charge is -2.32. The fraction of sp³-hybridized carbons (Fsp3) is 0.500. The molecule has 0 radical (unpaired) electrons. The molecule has 2 aromatic rings. The molecule has 1 atom stereocenters. The van der Waals surface area contributed by atoms with Gasteiger partial charge in [0.05, 0.1) is 10.7 Å². The van der Waals surface area contributed by atoms with Gasteiger partial charge >= 0.3 is 0 Å². The van der Waals surface area contributed by atoms with Crippen LogP contribution in [0.4, 0.5) is 0 Å². The Morgan fingerprint density at radius 2 is 2.00 bits per heavy atom. The summed E-state index contributed by atoms with van der Waals surface area (Å²) in [6.45, 7) is 5.28. The summed E-state index contributed by atoms with van der Waals surface area (Å²) >= 11 is 1.63. The van der Waals surface area contributed by atoms with Crippen LogP contribution in [0.5, 0.6) is 0 Å². The van der Waals surface area contributed by atoms with Crippen molar-refractivity contribution in [1.29, 1.82) is 0 Å². The van der Waals surface area contributed by atoms with E-state index in [1.165, 1.54) is 32.4 Å². The zero-order chi connectivity index (χ0) is 17.5. The van der Waals surface area contributed by atoms with E-state index in [-0.39, 0.29) is 5.91 Å². The van der Waals surface area contributed by atoms with Crippen molar-refractivity contribution >= 4 is 17.2 Å². The maximum atomic E-state index is 12.1. The Morgan fingerprint density at radius 1 is 1.24 bits per heavy atom. The van der Waals surface area contributed by atoms with Crippen molar-refractivity contribution in [3.05, 3.63) is 40.7 Å². The van der Waals surface area contributed by atoms with Gasteiger partial charge in [0.1, 0.15) is 0 Å². The molecule has 2 heterocycles. The lowest BCUT2D eigenvalue weighted by atomic mass is 10.1. The molecule has 1 aromatic carbocycles. The molecule has 25 heavy (non-hydrogen) atoms. The Hall–Kier alpha value is -1.72. The van der Waals surface area contributed by atoms with E-state index in [2.05, 4.69) is 39.6 Å². The standard InChI is InChI=1S/C20H27N3OS/c1-16(23-12-6-3-7-13-23)14-21-19(24)10-11-20-22-18(15-25-20)17-8-4-2-5-9-17/h2,4-5,8-9,15-16H,3,6-7,10-14H2,1H3,(H,21,24). The smallest absolute Gasteiger partial charge is 0.220 e. The summed E-state index contributed by atoms with van der Waals surface area (Å²) in [4.78, 5) is 19.3. The van der Waals surface area contributed by atoms with Gasteiger partial charge in [0.15, 0.2) is 0 Å². The van der Waals surface area contributed by atoms with Crippen LogP contribution >= 0.6 is 11.3 Å². The van der Waals surface area contributed by atoms with Crippen molar-refractivity contribution in [2.45, 2.75) is 45.1 Å². The zero-order valence-corrected chi connectivity index (χ0v) is 15.7. The number of rotatable bonds is 7. The highest BCUT2D eigenvalue weighted by Crippen LogP contribution is 2.22. The fourth-order valence-electron chi connectivity index (χ4n) is 3.23. The summed E-state index contributed by atoms with van der Waals surface area (Å²) in [5.74, 6) is 0.125. The number of carbonyl (C=O) groups excluding carboxylic acids is 1. The Labute approximate surface area is 154 Å². The predicted octanol–water partition coefficient (Wildman–Crippen LogP) is 3.73. The summed E-state index contributed by atoms with van der Waals surface area (Å²) < 4.78 is 0. The molecule has 1 fully saturated rings. The maximum absolute atomic E-state index is 12.1. The highest BCUT2D eigenvalue weighted by molar-refractivity contribution is 7.09. The van der Waals surface area contributed by atoms with E-state index < -0.39 is 0 Å². The van der Waals surface area contributed by atoms with Crippen LogP contribution in [0.1, 0.15) is 37.6 Å². The van der Waals surface area contributed by atoms with Gasteiger partial charge in [0.25, 0.3) is 0 Å². The van der Waals surface area contributed by atoms with E-state index in [1.807, 2.05) is 18.2 Å². The summed E-state index contributed by atoms with van der Waals surface area (Å²) in [5, 5.41) is 6.18. The van der Waals surface area contributed by atoms with Gasteiger partial charge in [-0.15, -0.1) is 11.3 Å². The van der Waals surface area contributed by atoms with E-state index in [0.29, 0.717) is 18.9 Å². The average molecular weight is 358 g/mol. The van der Waals surface area contributed by atoms with Crippen molar-refractivity contribution < 1.29 is 4.79 Å². The normalized spacial score (nSPS) is 16.5. The minimum atomic E-state index is 0.125. The first-order valence-electron chi connectivity index (χ1n) is 9.23. The van der Waals surface area contributed by atoms with E-state index in [0.717, 1.165) is 22.8 Å². The van der Waals surface area contributed by atoms with E-state index in [4.69, 9.17) is 0 Å². The first-order chi connectivity index (χ1) is 12.2. The molecule has 134 valence electrons. The molecule has 1 amide bonds. The quantitative estimate of drug-likeness (QED) is 0.821. The lowest BCUT2D eigenvalue weighted by molar-refractivity contribution is -0.121. The van der Waals surface area contributed by atoms with Crippen LogP contribution in [-0.4, -0.2) is 41.5 Å². The van der Waals surface area contributed by atoms with Gasteiger partial charge in [-0.2, -0.15) is 0 Å². The number of piperidine rings is 1. The zero-order valence-electron chi connectivity index (χ0n) is 14.9. The first-order valence-corrected chi connectivity index (χ1v) is 10.1. The number of thiazole rings is 1. The second kappa shape index (κ2) is 9.11. The third kappa shape index (κ3) is 5.38. The Kier molecular flexibility index (Phi) is 6.59. The summed E-state index contributed by atoms with van der Waals surface area (Å²) in [5.41, 5.74) is 2.13. The highest BCUT2D eigenvalue weighted by Gasteiger charge is 2.17. The number of benzene rings is 1. The number of likely N-dealkylation sites (tertiary alicyclic amines) is 1.